The highest BCUT2D eigenvalue weighted by atomic mass is 16.4. The summed E-state index contributed by atoms with van der Waals surface area (Å²) >= 11 is 0. The van der Waals surface area contributed by atoms with Gasteiger partial charge in [0.1, 0.15) is 6.04 Å². The molecule has 2 unspecified atom stereocenters. The van der Waals surface area contributed by atoms with Crippen molar-refractivity contribution in [3.8, 4) is 0 Å². The average Bonchev–Trinajstić information content (AvgIpc) is 2.43. The second-order valence-corrected chi connectivity index (χ2v) is 6.14. The van der Waals surface area contributed by atoms with Gasteiger partial charge in [-0.2, -0.15) is 0 Å². The van der Waals surface area contributed by atoms with Gasteiger partial charge in [0, 0.05) is 5.41 Å². The molecule has 1 aromatic carbocycles. The van der Waals surface area contributed by atoms with Crippen molar-refractivity contribution in [1.82, 2.24) is 10.6 Å². The standard InChI is InChI=1S/C16H22N2O4/c1-10(17-15(22)16(2,3)4)13(19)18-12(14(20)21)11-8-6-5-7-9-11/h5-10,12H,1-4H3,(H,17,22)(H,18,19)(H,20,21). The van der Waals surface area contributed by atoms with Crippen molar-refractivity contribution in [3.63, 3.8) is 0 Å². The summed E-state index contributed by atoms with van der Waals surface area (Å²) in [6.07, 6.45) is 0. The number of hydrogen-bond acceptors (Lipinski definition) is 3. The SMILES string of the molecule is CC(NC(=O)C(C)(C)C)C(=O)NC(C(=O)O)c1ccccc1. The van der Waals surface area contributed by atoms with Gasteiger partial charge < -0.3 is 15.7 Å². The van der Waals surface area contributed by atoms with Crippen LogP contribution in [0.2, 0.25) is 0 Å². The van der Waals surface area contributed by atoms with Gasteiger partial charge in [-0.05, 0) is 12.5 Å². The molecule has 2 amide bonds. The van der Waals surface area contributed by atoms with E-state index in [1.54, 1.807) is 51.1 Å². The Hall–Kier alpha value is -2.37. The number of carbonyl (C=O) groups excluding carboxylic acids is 2. The first-order valence-electron chi connectivity index (χ1n) is 7.02. The Bertz CT molecular complexity index is 549. The molecule has 1 rings (SSSR count). The number of hydrogen-bond donors (Lipinski definition) is 3. The second-order valence-electron chi connectivity index (χ2n) is 6.14. The average molecular weight is 306 g/mol. The highest BCUT2D eigenvalue weighted by Gasteiger charge is 2.28. The molecule has 2 atom stereocenters. The molecule has 0 saturated carbocycles. The number of carbonyl (C=O) groups is 3. The van der Waals surface area contributed by atoms with Gasteiger partial charge in [-0.3, -0.25) is 9.59 Å². The molecule has 0 radical (unpaired) electrons. The summed E-state index contributed by atoms with van der Waals surface area (Å²) in [6, 6.07) is 6.43. The predicted molar refractivity (Wildman–Crippen MR) is 82.0 cm³/mol. The maximum Gasteiger partial charge on any atom is 0.330 e. The first kappa shape index (κ1) is 17.7. The van der Waals surface area contributed by atoms with Crippen LogP contribution in [0.5, 0.6) is 0 Å². The molecule has 6 nitrogen and oxygen atoms in total. The van der Waals surface area contributed by atoms with Crippen molar-refractivity contribution in [2.75, 3.05) is 0 Å². The monoisotopic (exact) mass is 306 g/mol. The van der Waals surface area contributed by atoms with Gasteiger partial charge >= 0.3 is 5.97 Å². The third kappa shape index (κ3) is 4.87. The summed E-state index contributed by atoms with van der Waals surface area (Å²) in [5.41, 5.74) is -0.155. The summed E-state index contributed by atoms with van der Waals surface area (Å²) < 4.78 is 0. The van der Waals surface area contributed by atoms with Crippen molar-refractivity contribution in [1.29, 1.82) is 0 Å². The van der Waals surface area contributed by atoms with Crippen LogP contribution in [0.4, 0.5) is 0 Å². The number of benzene rings is 1. The van der Waals surface area contributed by atoms with E-state index in [-0.39, 0.29) is 5.91 Å². The van der Waals surface area contributed by atoms with Crippen molar-refractivity contribution in [3.05, 3.63) is 35.9 Å². The van der Waals surface area contributed by atoms with Crippen LogP contribution in [0.3, 0.4) is 0 Å². The molecule has 0 saturated heterocycles. The summed E-state index contributed by atoms with van der Waals surface area (Å²) in [6.45, 7) is 6.72. The minimum absolute atomic E-state index is 0.276. The van der Waals surface area contributed by atoms with Crippen LogP contribution in [0.25, 0.3) is 0 Å². The smallest absolute Gasteiger partial charge is 0.330 e. The zero-order valence-electron chi connectivity index (χ0n) is 13.2. The van der Waals surface area contributed by atoms with Crippen molar-refractivity contribution in [2.24, 2.45) is 5.41 Å². The first-order valence-corrected chi connectivity index (χ1v) is 7.02. The normalized spacial score (nSPS) is 13.8. The molecule has 0 aromatic heterocycles. The van der Waals surface area contributed by atoms with E-state index in [1.807, 2.05) is 0 Å². The lowest BCUT2D eigenvalue weighted by Crippen LogP contribution is -2.49. The quantitative estimate of drug-likeness (QED) is 0.768. The first-order chi connectivity index (χ1) is 10.1. The van der Waals surface area contributed by atoms with Gasteiger partial charge in [0.05, 0.1) is 0 Å². The van der Waals surface area contributed by atoms with Gasteiger partial charge in [0.25, 0.3) is 0 Å². The van der Waals surface area contributed by atoms with E-state index in [2.05, 4.69) is 10.6 Å². The summed E-state index contributed by atoms with van der Waals surface area (Å²) in [7, 11) is 0. The Morgan fingerprint density at radius 3 is 2.05 bits per heavy atom. The molecule has 0 aliphatic heterocycles. The number of aliphatic carboxylic acids is 1. The molecule has 0 aliphatic carbocycles. The maximum absolute atomic E-state index is 12.1. The highest BCUT2D eigenvalue weighted by Crippen LogP contribution is 2.14. The zero-order chi connectivity index (χ0) is 16.9. The van der Waals surface area contributed by atoms with E-state index in [0.29, 0.717) is 5.56 Å². The number of carboxylic acids is 1. The van der Waals surface area contributed by atoms with Gasteiger partial charge in [-0.1, -0.05) is 51.1 Å². The predicted octanol–water partition coefficient (Wildman–Crippen LogP) is 1.48. The van der Waals surface area contributed by atoms with Crippen LogP contribution in [-0.2, 0) is 14.4 Å². The Balaban J connectivity index is 2.76. The molecule has 0 bridgehead atoms. The van der Waals surface area contributed by atoms with Crippen molar-refractivity contribution in [2.45, 2.75) is 39.8 Å². The third-order valence-corrected chi connectivity index (χ3v) is 3.09. The van der Waals surface area contributed by atoms with Gasteiger partial charge in [-0.15, -0.1) is 0 Å². The lowest BCUT2D eigenvalue weighted by molar-refractivity contribution is -0.142. The topological polar surface area (TPSA) is 95.5 Å². The van der Waals surface area contributed by atoms with Crippen LogP contribution in [0.15, 0.2) is 30.3 Å². The van der Waals surface area contributed by atoms with E-state index in [4.69, 9.17) is 0 Å². The van der Waals surface area contributed by atoms with Crippen LogP contribution >= 0.6 is 0 Å². The lowest BCUT2D eigenvalue weighted by atomic mass is 9.95. The Labute approximate surface area is 129 Å². The van der Waals surface area contributed by atoms with Gasteiger partial charge in [-0.25, -0.2) is 4.79 Å². The van der Waals surface area contributed by atoms with Crippen molar-refractivity contribution < 1.29 is 19.5 Å². The zero-order valence-corrected chi connectivity index (χ0v) is 13.2. The van der Waals surface area contributed by atoms with E-state index < -0.39 is 29.4 Å². The van der Waals surface area contributed by atoms with E-state index in [1.165, 1.54) is 6.92 Å². The maximum atomic E-state index is 12.1. The van der Waals surface area contributed by atoms with E-state index in [0.717, 1.165) is 0 Å². The number of carboxylic acid groups (broad SMARTS) is 1. The Kier molecular flexibility index (Phi) is 5.68. The number of nitrogens with one attached hydrogen (secondary N) is 2. The molecule has 0 heterocycles. The van der Waals surface area contributed by atoms with Gasteiger partial charge in [0.2, 0.25) is 11.8 Å². The minimum Gasteiger partial charge on any atom is -0.479 e. The molecule has 1 aromatic rings. The fourth-order valence-corrected chi connectivity index (χ4v) is 1.68. The summed E-state index contributed by atoms with van der Waals surface area (Å²) in [5, 5.41) is 14.3. The Morgan fingerprint density at radius 1 is 1.05 bits per heavy atom. The van der Waals surface area contributed by atoms with E-state index >= 15 is 0 Å². The summed E-state index contributed by atoms with van der Waals surface area (Å²) in [5.74, 6) is -1.98. The van der Waals surface area contributed by atoms with Crippen LogP contribution < -0.4 is 10.6 Å². The largest absolute Gasteiger partial charge is 0.479 e. The van der Waals surface area contributed by atoms with E-state index in [9.17, 15) is 19.5 Å². The van der Waals surface area contributed by atoms with Gasteiger partial charge in [0.15, 0.2) is 6.04 Å². The molecule has 120 valence electrons. The lowest BCUT2D eigenvalue weighted by Gasteiger charge is -2.23. The van der Waals surface area contributed by atoms with Crippen molar-refractivity contribution >= 4 is 17.8 Å². The second kappa shape index (κ2) is 7.06. The van der Waals surface area contributed by atoms with Crippen LogP contribution in [0.1, 0.15) is 39.3 Å². The van der Waals surface area contributed by atoms with Crippen LogP contribution in [-0.4, -0.2) is 28.9 Å². The molecule has 0 spiro atoms. The number of rotatable bonds is 5. The molecular weight excluding hydrogens is 284 g/mol. The molecular formula is C16H22N2O4. The number of amides is 2. The third-order valence-electron chi connectivity index (χ3n) is 3.09. The molecule has 22 heavy (non-hydrogen) atoms. The Morgan fingerprint density at radius 2 is 1.59 bits per heavy atom. The highest BCUT2D eigenvalue weighted by molar-refractivity contribution is 5.91. The molecule has 6 heteroatoms. The van der Waals surface area contributed by atoms with Crippen LogP contribution in [0, 0.1) is 5.41 Å². The minimum atomic E-state index is -1.16. The fourth-order valence-electron chi connectivity index (χ4n) is 1.68. The fraction of sp³-hybridized carbons (Fsp3) is 0.438. The summed E-state index contributed by atoms with van der Waals surface area (Å²) in [4.78, 5) is 35.3. The molecule has 0 aliphatic rings. The molecule has 0 fully saturated rings. The molecule has 3 N–H and O–H groups in total.